The Morgan fingerprint density at radius 1 is 1.29 bits per heavy atom. The summed E-state index contributed by atoms with van der Waals surface area (Å²) in [5, 5.41) is 12.4. The lowest BCUT2D eigenvalue weighted by atomic mass is 10.1. The molecule has 0 bridgehead atoms. The molecule has 0 radical (unpaired) electrons. The van der Waals surface area contributed by atoms with Crippen molar-refractivity contribution in [1.29, 1.82) is 0 Å². The van der Waals surface area contributed by atoms with E-state index in [1.165, 1.54) is 0 Å². The van der Waals surface area contributed by atoms with E-state index >= 15 is 0 Å². The van der Waals surface area contributed by atoms with Crippen molar-refractivity contribution in [1.82, 2.24) is 5.32 Å². The second kappa shape index (κ2) is 4.70. The monoisotopic (exact) mass is 248 g/mol. The first-order valence-corrected chi connectivity index (χ1v) is 4.77. The molecular weight excluding hydrogens is 237 g/mol. The standard InChI is InChI=1S/C10H11F3N2O2/c1-9(15(16)17,10(11,12)13)14-7-8-5-3-2-4-6-8/h2-6,14H,7H2,1H3. The van der Waals surface area contributed by atoms with Crippen molar-refractivity contribution in [3.8, 4) is 0 Å². The fourth-order valence-electron chi connectivity index (χ4n) is 1.14. The maximum absolute atomic E-state index is 12.6. The molecular formula is C10H11F3N2O2. The van der Waals surface area contributed by atoms with Crippen LogP contribution in [0.3, 0.4) is 0 Å². The second-order valence-corrected chi connectivity index (χ2v) is 3.67. The maximum atomic E-state index is 12.6. The molecule has 1 N–H and O–H groups in total. The van der Waals surface area contributed by atoms with Gasteiger partial charge >= 0.3 is 11.8 Å². The summed E-state index contributed by atoms with van der Waals surface area (Å²) < 4.78 is 37.7. The average Bonchev–Trinajstić information content (AvgIpc) is 2.25. The van der Waals surface area contributed by atoms with Crippen molar-refractivity contribution in [3.05, 3.63) is 46.0 Å². The number of alkyl halides is 3. The van der Waals surface area contributed by atoms with E-state index in [1.807, 2.05) is 5.32 Å². The van der Waals surface area contributed by atoms with E-state index in [9.17, 15) is 23.3 Å². The predicted molar refractivity (Wildman–Crippen MR) is 54.7 cm³/mol. The molecule has 0 aliphatic heterocycles. The molecule has 7 heteroatoms. The Labute approximate surface area is 95.6 Å². The third kappa shape index (κ3) is 2.94. The molecule has 0 aromatic heterocycles. The number of rotatable bonds is 4. The number of nitro groups is 1. The second-order valence-electron chi connectivity index (χ2n) is 3.67. The highest BCUT2D eigenvalue weighted by Gasteiger charge is 2.62. The highest BCUT2D eigenvalue weighted by molar-refractivity contribution is 5.14. The Morgan fingerprint density at radius 2 is 1.82 bits per heavy atom. The summed E-state index contributed by atoms with van der Waals surface area (Å²) in [5.41, 5.74) is -2.59. The summed E-state index contributed by atoms with van der Waals surface area (Å²) in [6, 6.07) is 8.18. The lowest BCUT2D eigenvalue weighted by Gasteiger charge is -2.24. The summed E-state index contributed by atoms with van der Waals surface area (Å²) >= 11 is 0. The smallest absolute Gasteiger partial charge is 0.262 e. The zero-order valence-electron chi connectivity index (χ0n) is 8.99. The molecule has 1 unspecified atom stereocenters. The van der Waals surface area contributed by atoms with E-state index in [2.05, 4.69) is 0 Å². The average molecular weight is 248 g/mol. The summed E-state index contributed by atoms with van der Waals surface area (Å²) in [4.78, 5) is 9.15. The van der Waals surface area contributed by atoms with Crippen LogP contribution in [0.5, 0.6) is 0 Å². The summed E-state index contributed by atoms with van der Waals surface area (Å²) in [6.07, 6.45) is -4.95. The molecule has 1 rings (SSSR count). The highest BCUT2D eigenvalue weighted by Crippen LogP contribution is 2.30. The van der Waals surface area contributed by atoms with E-state index in [0.29, 0.717) is 12.5 Å². The molecule has 17 heavy (non-hydrogen) atoms. The van der Waals surface area contributed by atoms with Gasteiger partial charge in [0.2, 0.25) is 0 Å². The normalized spacial score (nSPS) is 15.3. The van der Waals surface area contributed by atoms with Crippen LogP contribution in [0.25, 0.3) is 0 Å². The Morgan fingerprint density at radius 3 is 2.24 bits per heavy atom. The molecule has 0 heterocycles. The van der Waals surface area contributed by atoms with Gasteiger partial charge in [-0.2, -0.15) is 13.2 Å². The Hall–Kier alpha value is -1.63. The van der Waals surface area contributed by atoms with Gasteiger partial charge in [0.1, 0.15) is 0 Å². The third-order valence-electron chi connectivity index (χ3n) is 2.40. The van der Waals surface area contributed by atoms with Crippen molar-refractivity contribution >= 4 is 0 Å². The number of benzene rings is 1. The summed E-state index contributed by atoms with van der Waals surface area (Å²) in [7, 11) is 0. The molecule has 4 nitrogen and oxygen atoms in total. The van der Waals surface area contributed by atoms with Gasteiger partial charge in [0, 0.05) is 13.5 Å². The van der Waals surface area contributed by atoms with Crippen molar-refractivity contribution in [2.75, 3.05) is 0 Å². The lowest BCUT2D eigenvalue weighted by Crippen LogP contribution is -2.59. The lowest BCUT2D eigenvalue weighted by molar-refractivity contribution is -0.616. The first-order chi connectivity index (χ1) is 7.77. The molecule has 1 aromatic rings. The van der Waals surface area contributed by atoms with Gasteiger partial charge in [-0.1, -0.05) is 30.3 Å². The van der Waals surface area contributed by atoms with Crippen LogP contribution in [0.4, 0.5) is 13.2 Å². The van der Waals surface area contributed by atoms with E-state index in [1.54, 1.807) is 30.3 Å². The molecule has 1 atom stereocenters. The Kier molecular flexibility index (Phi) is 3.72. The van der Waals surface area contributed by atoms with Crippen molar-refractivity contribution < 1.29 is 18.1 Å². The summed E-state index contributed by atoms with van der Waals surface area (Å²) in [6.45, 7) is 0.285. The van der Waals surface area contributed by atoms with Gasteiger partial charge in [-0.3, -0.25) is 10.1 Å². The van der Waals surface area contributed by atoms with Crippen molar-refractivity contribution in [3.63, 3.8) is 0 Å². The topological polar surface area (TPSA) is 55.2 Å². The van der Waals surface area contributed by atoms with Crippen LogP contribution < -0.4 is 5.32 Å². The van der Waals surface area contributed by atoms with E-state index in [4.69, 9.17) is 0 Å². The first kappa shape index (κ1) is 13.4. The molecule has 94 valence electrons. The maximum Gasteiger partial charge on any atom is 0.476 e. The van der Waals surface area contributed by atoms with Gasteiger partial charge < -0.3 is 0 Å². The van der Waals surface area contributed by atoms with Gasteiger partial charge in [0.05, 0.1) is 4.92 Å². The van der Waals surface area contributed by atoms with Crippen LogP contribution in [0.1, 0.15) is 12.5 Å². The first-order valence-electron chi connectivity index (χ1n) is 4.77. The minimum atomic E-state index is -4.95. The molecule has 0 fully saturated rings. The third-order valence-corrected chi connectivity index (χ3v) is 2.40. The molecule has 0 saturated heterocycles. The van der Waals surface area contributed by atoms with Crippen LogP contribution in [-0.4, -0.2) is 16.8 Å². The number of hydrogen-bond acceptors (Lipinski definition) is 3. The van der Waals surface area contributed by atoms with Gasteiger partial charge in [0.25, 0.3) is 0 Å². The number of nitrogens with one attached hydrogen (secondary N) is 1. The zero-order valence-corrected chi connectivity index (χ0v) is 8.99. The van der Waals surface area contributed by atoms with Crippen LogP contribution >= 0.6 is 0 Å². The number of nitrogens with zero attached hydrogens (tertiary/aromatic N) is 1. The fraction of sp³-hybridized carbons (Fsp3) is 0.400. The van der Waals surface area contributed by atoms with E-state index in [-0.39, 0.29) is 6.54 Å². The highest BCUT2D eigenvalue weighted by atomic mass is 19.4. The van der Waals surface area contributed by atoms with Gasteiger partial charge in [-0.25, -0.2) is 5.32 Å². The molecule has 0 amide bonds. The van der Waals surface area contributed by atoms with Gasteiger partial charge in [0.15, 0.2) is 0 Å². The van der Waals surface area contributed by atoms with Crippen LogP contribution in [0, 0.1) is 10.1 Å². The van der Waals surface area contributed by atoms with Crippen LogP contribution in [0.2, 0.25) is 0 Å². The van der Waals surface area contributed by atoms with E-state index in [0.717, 1.165) is 0 Å². The SMILES string of the molecule is CC(NCc1ccccc1)([N+](=O)[O-])C(F)(F)F. The van der Waals surface area contributed by atoms with Gasteiger partial charge in [-0.05, 0) is 5.56 Å². The Bertz CT molecular complexity index is 394. The molecule has 0 aliphatic rings. The minimum Gasteiger partial charge on any atom is -0.262 e. The summed E-state index contributed by atoms with van der Waals surface area (Å²) in [5.74, 6) is 0. The largest absolute Gasteiger partial charge is 0.476 e. The van der Waals surface area contributed by atoms with E-state index < -0.39 is 16.8 Å². The van der Waals surface area contributed by atoms with Crippen LogP contribution in [0.15, 0.2) is 30.3 Å². The Balaban J connectivity index is 2.80. The fourth-order valence-corrected chi connectivity index (χ4v) is 1.14. The van der Waals surface area contributed by atoms with Gasteiger partial charge in [-0.15, -0.1) is 0 Å². The molecule has 1 aromatic carbocycles. The zero-order chi connectivity index (χ0) is 13.1. The quantitative estimate of drug-likeness (QED) is 0.505. The van der Waals surface area contributed by atoms with Crippen LogP contribution in [-0.2, 0) is 6.54 Å². The number of halogens is 3. The van der Waals surface area contributed by atoms with Crippen molar-refractivity contribution in [2.45, 2.75) is 25.3 Å². The number of hydrogen-bond donors (Lipinski definition) is 1. The molecule has 0 spiro atoms. The molecule has 0 saturated carbocycles. The molecule has 0 aliphatic carbocycles. The minimum absolute atomic E-state index is 0.224. The van der Waals surface area contributed by atoms with Crippen molar-refractivity contribution in [2.24, 2.45) is 0 Å². The predicted octanol–water partition coefficient (Wildman–Crippen LogP) is 2.33.